The van der Waals surface area contributed by atoms with Gasteiger partial charge < -0.3 is 10.8 Å². The number of hydrogen-bond acceptors (Lipinski definition) is 10. The monoisotopic (exact) mass is 464 g/mol. The van der Waals surface area contributed by atoms with Gasteiger partial charge in [0.25, 0.3) is 5.91 Å². The Kier molecular flexibility index (Phi) is 6.64. The van der Waals surface area contributed by atoms with Gasteiger partial charge in [-0.1, -0.05) is 30.3 Å². The van der Waals surface area contributed by atoms with Crippen molar-refractivity contribution in [2.45, 2.75) is 24.0 Å². The van der Waals surface area contributed by atoms with Crippen LogP contribution in [0.1, 0.15) is 35.1 Å². The molecule has 1 amide bonds. The van der Waals surface area contributed by atoms with E-state index < -0.39 is 5.91 Å². The van der Waals surface area contributed by atoms with E-state index >= 15 is 0 Å². The number of rotatable bonds is 8. The molecule has 0 aliphatic carbocycles. The Morgan fingerprint density at radius 1 is 1.18 bits per heavy atom. The summed E-state index contributed by atoms with van der Waals surface area (Å²) in [5.74, 6) is 0.138. The number of phenolic OH excluding ortho intramolecular Hbond substituents is 1. The number of anilines is 1. The lowest BCUT2D eigenvalue weighted by molar-refractivity contribution is 0.0949. The maximum atomic E-state index is 13.0. The van der Waals surface area contributed by atoms with Crippen LogP contribution in [0.4, 0.5) is 5.82 Å². The Morgan fingerprint density at radius 3 is 2.61 bits per heavy atom. The quantitative estimate of drug-likeness (QED) is 0.202. The minimum atomic E-state index is -0.537. The smallest absolute Gasteiger partial charge is 0.293 e. The Balaban J connectivity index is 1.61. The van der Waals surface area contributed by atoms with Crippen molar-refractivity contribution in [2.24, 2.45) is 5.10 Å². The molecule has 0 saturated heterocycles. The molecule has 4 N–H and O–H groups in total. The maximum Gasteiger partial charge on any atom is 0.293 e. The van der Waals surface area contributed by atoms with Gasteiger partial charge in [-0.2, -0.15) is 9.78 Å². The average Bonchev–Trinajstić information content (AvgIpc) is 3.45. The summed E-state index contributed by atoms with van der Waals surface area (Å²) >= 11 is 1.49. The van der Waals surface area contributed by atoms with Crippen molar-refractivity contribution in [3.63, 3.8) is 0 Å². The van der Waals surface area contributed by atoms with Crippen LogP contribution in [0.5, 0.6) is 5.75 Å². The lowest BCUT2D eigenvalue weighted by Gasteiger charge is -2.07. The van der Waals surface area contributed by atoms with Gasteiger partial charge in [0.2, 0.25) is 11.6 Å². The van der Waals surface area contributed by atoms with Gasteiger partial charge in [0.05, 0.1) is 11.4 Å². The largest absolute Gasteiger partial charge is 0.508 e. The van der Waals surface area contributed by atoms with E-state index in [1.807, 2.05) is 37.3 Å². The zero-order valence-corrected chi connectivity index (χ0v) is 18.4. The first-order chi connectivity index (χ1) is 16.1. The molecule has 0 atom stereocenters. The molecule has 4 rings (SSSR count). The Labute approximate surface area is 192 Å². The van der Waals surface area contributed by atoms with Gasteiger partial charge >= 0.3 is 0 Å². The highest BCUT2D eigenvalue weighted by molar-refractivity contribution is 7.98. The number of aromatic hydroxyl groups is 1. The summed E-state index contributed by atoms with van der Waals surface area (Å²) in [5, 5.41) is 29.2. The van der Waals surface area contributed by atoms with Crippen LogP contribution in [-0.2, 0) is 5.75 Å². The first-order valence-electron chi connectivity index (χ1n) is 9.94. The number of phenols is 1. The second kappa shape index (κ2) is 9.96. The zero-order chi connectivity index (χ0) is 23.2. The summed E-state index contributed by atoms with van der Waals surface area (Å²) in [7, 11) is 0. The Hall–Kier alpha value is -4.19. The highest BCUT2D eigenvalue weighted by Gasteiger charge is 2.24. The molecule has 0 spiro atoms. The third-order valence-electron chi connectivity index (χ3n) is 4.62. The van der Waals surface area contributed by atoms with Gasteiger partial charge in [0, 0.05) is 10.6 Å². The van der Waals surface area contributed by atoms with Crippen LogP contribution in [0, 0.1) is 0 Å². The number of carbonyl (C=O) groups is 1. The van der Waals surface area contributed by atoms with E-state index in [0.29, 0.717) is 23.6 Å². The van der Waals surface area contributed by atoms with Crippen molar-refractivity contribution >= 4 is 29.2 Å². The number of nitrogens with two attached hydrogens (primary N) is 1. The van der Waals surface area contributed by atoms with Gasteiger partial charge in [-0.25, -0.2) is 10.1 Å². The minimum Gasteiger partial charge on any atom is -0.508 e. The van der Waals surface area contributed by atoms with Gasteiger partial charge in [-0.05, 0) is 58.7 Å². The van der Waals surface area contributed by atoms with E-state index in [0.717, 1.165) is 10.5 Å². The molecule has 0 aliphatic heterocycles. The van der Waals surface area contributed by atoms with Crippen LogP contribution < -0.4 is 11.2 Å². The predicted octanol–water partition coefficient (Wildman–Crippen LogP) is 2.77. The molecule has 11 nitrogen and oxygen atoms in total. The van der Waals surface area contributed by atoms with Gasteiger partial charge in [0.15, 0.2) is 5.69 Å². The summed E-state index contributed by atoms with van der Waals surface area (Å²) in [4.78, 5) is 14.0. The molecule has 0 unspecified atom stereocenters. The fraction of sp³-hybridized carbons (Fsp3) is 0.143. The van der Waals surface area contributed by atoms with E-state index in [9.17, 15) is 9.90 Å². The number of nitrogens with zero attached hydrogens (tertiary/aromatic N) is 6. The third kappa shape index (κ3) is 5.01. The summed E-state index contributed by atoms with van der Waals surface area (Å²) in [6.07, 6.45) is 0.565. The van der Waals surface area contributed by atoms with E-state index in [2.05, 4.69) is 35.8 Å². The van der Waals surface area contributed by atoms with Crippen molar-refractivity contribution in [1.82, 2.24) is 30.7 Å². The topological polar surface area (TPSA) is 157 Å². The summed E-state index contributed by atoms with van der Waals surface area (Å²) in [6, 6.07) is 16.3. The van der Waals surface area contributed by atoms with E-state index in [4.69, 9.17) is 5.73 Å². The zero-order valence-electron chi connectivity index (χ0n) is 17.5. The van der Waals surface area contributed by atoms with Crippen molar-refractivity contribution < 1.29 is 14.5 Å². The summed E-state index contributed by atoms with van der Waals surface area (Å²) < 4.78 is 6.01. The number of hydrazone groups is 1. The van der Waals surface area contributed by atoms with E-state index in [1.54, 1.807) is 24.3 Å². The van der Waals surface area contributed by atoms with Crippen LogP contribution >= 0.6 is 11.8 Å². The van der Waals surface area contributed by atoms with Gasteiger partial charge in [-0.3, -0.25) is 4.79 Å². The van der Waals surface area contributed by atoms with Crippen LogP contribution in [0.2, 0.25) is 0 Å². The molecule has 2 heterocycles. The summed E-state index contributed by atoms with van der Waals surface area (Å²) in [5.41, 5.74) is 10.3. The fourth-order valence-corrected chi connectivity index (χ4v) is 3.87. The SMILES string of the molecule is CCC(=NNC(=O)c1nnn(-c2nonc2N)c1CSc1ccccc1)c1ccc(O)cc1. The van der Waals surface area contributed by atoms with Crippen molar-refractivity contribution in [3.05, 3.63) is 71.5 Å². The second-order valence-electron chi connectivity index (χ2n) is 6.77. The number of hydrogen-bond donors (Lipinski definition) is 3. The molecule has 0 saturated carbocycles. The van der Waals surface area contributed by atoms with Gasteiger partial charge in [-0.15, -0.1) is 16.9 Å². The summed E-state index contributed by atoms with van der Waals surface area (Å²) in [6.45, 7) is 1.91. The molecule has 2 aromatic heterocycles. The number of amides is 1. The first kappa shape index (κ1) is 22.0. The Morgan fingerprint density at radius 2 is 1.94 bits per heavy atom. The minimum absolute atomic E-state index is 0.0245. The average molecular weight is 465 g/mol. The lowest BCUT2D eigenvalue weighted by Crippen LogP contribution is -2.22. The molecule has 33 heavy (non-hydrogen) atoms. The molecule has 168 valence electrons. The molecule has 0 radical (unpaired) electrons. The third-order valence-corrected chi connectivity index (χ3v) is 5.64. The molecule has 4 aromatic rings. The van der Waals surface area contributed by atoms with Gasteiger partial charge in [0.1, 0.15) is 5.75 Å². The number of nitrogen functional groups attached to an aromatic ring is 1. The van der Waals surface area contributed by atoms with Crippen LogP contribution in [0.3, 0.4) is 0 Å². The molecular weight excluding hydrogens is 444 g/mol. The van der Waals surface area contributed by atoms with Crippen LogP contribution in [-0.4, -0.2) is 42.0 Å². The molecule has 12 heteroatoms. The number of benzene rings is 2. The van der Waals surface area contributed by atoms with Crippen molar-refractivity contribution in [2.75, 3.05) is 5.73 Å². The number of carbonyl (C=O) groups excluding carboxylic acids is 1. The standard InChI is InChI=1S/C21H20N8O3S/c1-2-16(13-8-10-14(30)11-9-13)23-25-21(31)18-17(12-33-15-6-4-3-5-7-15)29(28-24-18)20-19(22)26-32-27-20/h3-11,30H,2,12H2,1H3,(H2,22,26)(H,25,31). The first-order valence-corrected chi connectivity index (χ1v) is 10.9. The molecule has 0 bridgehead atoms. The normalized spacial score (nSPS) is 11.5. The number of aromatic nitrogens is 5. The highest BCUT2D eigenvalue weighted by Crippen LogP contribution is 2.26. The predicted molar refractivity (Wildman–Crippen MR) is 122 cm³/mol. The molecular formula is C21H20N8O3S. The van der Waals surface area contributed by atoms with E-state index in [-0.39, 0.29) is 23.1 Å². The van der Waals surface area contributed by atoms with E-state index in [1.165, 1.54) is 16.4 Å². The fourth-order valence-electron chi connectivity index (χ4n) is 2.96. The van der Waals surface area contributed by atoms with Crippen LogP contribution in [0.25, 0.3) is 5.82 Å². The Bertz CT molecular complexity index is 1270. The lowest BCUT2D eigenvalue weighted by atomic mass is 10.1. The number of nitrogens with one attached hydrogen (secondary N) is 1. The number of thioether (sulfide) groups is 1. The van der Waals surface area contributed by atoms with Crippen molar-refractivity contribution in [3.8, 4) is 11.6 Å². The van der Waals surface area contributed by atoms with Crippen molar-refractivity contribution in [1.29, 1.82) is 0 Å². The second-order valence-corrected chi connectivity index (χ2v) is 7.82. The maximum absolute atomic E-state index is 13.0. The molecule has 0 fully saturated rings. The molecule has 0 aliphatic rings. The highest BCUT2D eigenvalue weighted by atomic mass is 32.2. The van der Waals surface area contributed by atoms with Crippen LogP contribution in [0.15, 0.2) is 69.2 Å². The molecule has 2 aromatic carbocycles.